The van der Waals surface area contributed by atoms with E-state index in [9.17, 15) is 0 Å². The van der Waals surface area contributed by atoms with Crippen LogP contribution in [0.15, 0.2) is 54.7 Å². The first kappa shape index (κ1) is 12.8. The van der Waals surface area contributed by atoms with Gasteiger partial charge in [-0.2, -0.15) is 0 Å². The normalized spacial score (nSPS) is 10.5. The number of halogens is 1. The van der Waals surface area contributed by atoms with Crippen molar-refractivity contribution in [1.82, 2.24) is 4.98 Å². The molecule has 3 rings (SSSR count). The predicted octanol–water partition coefficient (Wildman–Crippen LogP) is 4.64. The number of nitrogens with zero attached hydrogens (tertiary/aromatic N) is 1. The number of nitrogens with one attached hydrogen (secondary N) is 1. The number of hydrogen-bond acceptors (Lipinski definition) is 3. The second-order valence-corrected chi connectivity index (χ2v) is 4.81. The molecule has 1 N–H and O–H groups in total. The molecule has 1 heterocycles. The van der Waals surface area contributed by atoms with E-state index in [0.717, 1.165) is 28.0 Å². The third-order valence-corrected chi connectivity index (χ3v) is 3.29. The molecule has 0 spiro atoms. The molecule has 0 radical (unpaired) electrons. The third kappa shape index (κ3) is 2.53. The van der Waals surface area contributed by atoms with Crippen molar-refractivity contribution in [2.75, 3.05) is 12.4 Å². The Kier molecular flexibility index (Phi) is 3.44. The second-order valence-electron chi connectivity index (χ2n) is 4.38. The molecule has 0 atom stereocenters. The van der Waals surface area contributed by atoms with Gasteiger partial charge < -0.3 is 10.1 Å². The fourth-order valence-electron chi connectivity index (χ4n) is 2.09. The monoisotopic (exact) mass is 284 g/mol. The minimum atomic E-state index is 0.684. The highest BCUT2D eigenvalue weighted by Crippen LogP contribution is 2.28. The quantitative estimate of drug-likeness (QED) is 0.761. The maximum atomic E-state index is 5.99. The lowest BCUT2D eigenvalue weighted by atomic mass is 10.2. The smallest absolute Gasteiger partial charge is 0.120 e. The van der Waals surface area contributed by atoms with E-state index in [1.165, 1.54) is 0 Å². The third-order valence-electron chi connectivity index (χ3n) is 3.05. The number of anilines is 2. The van der Waals surface area contributed by atoms with Crippen LogP contribution in [0.2, 0.25) is 5.02 Å². The Balaban J connectivity index is 2.02. The van der Waals surface area contributed by atoms with Gasteiger partial charge in [0.1, 0.15) is 5.75 Å². The number of benzene rings is 2. The highest BCUT2D eigenvalue weighted by molar-refractivity contribution is 6.31. The number of pyridine rings is 1. The van der Waals surface area contributed by atoms with Gasteiger partial charge >= 0.3 is 0 Å². The molecule has 3 aromatic rings. The molecular weight excluding hydrogens is 272 g/mol. The van der Waals surface area contributed by atoms with Crippen molar-refractivity contribution in [2.45, 2.75) is 0 Å². The predicted molar refractivity (Wildman–Crippen MR) is 83.0 cm³/mol. The van der Waals surface area contributed by atoms with Crippen LogP contribution in [0, 0.1) is 0 Å². The summed E-state index contributed by atoms with van der Waals surface area (Å²) in [7, 11) is 1.66. The van der Waals surface area contributed by atoms with E-state index in [-0.39, 0.29) is 0 Å². The molecule has 0 saturated heterocycles. The van der Waals surface area contributed by atoms with Gasteiger partial charge in [-0.15, -0.1) is 0 Å². The van der Waals surface area contributed by atoms with Crippen LogP contribution in [0.1, 0.15) is 0 Å². The van der Waals surface area contributed by atoms with Crippen molar-refractivity contribution in [3.63, 3.8) is 0 Å². The summed E-state index contributed by atoms with van der Waals surface area (Å²) in [6, 6.07) is 15.4. The average Bonchev–Trinajstić information content (AvgIpc) is 2.47. The molecule has 2 aromatic carbocycles. The molecule has 0 aliphatic rings. The van der Waals surface area contributed by atoms with Crippen molar-refractivity contribution < 1.29 is 4.74 Å². The summed E-state index contributed by atoms with van der Waals surface area (Å²) in [5, 5.41) is 5.09. The average molecular weight is 285 g/mol. The highest BCUT2D eigenvalue weighted by atomic mass is 35.5. The SMILES string of the molecule is COc1cccc(Nc2ccnc3cc(Cl)ccc23)c1. The fraction of sp³-hybridized carbons (Fsp3) is 0.0625. The number of fused-ring (bicyclic) bond motifs is 1. The minimum absolute atomic E-state index is 0.684. The van der Waals surface area contributed by atoms with Gasteiger partial charge in [0.05, 0.1) is 12.6 Å². The van der Waals surface area contributed by atoms with E-state index in [1.54, 1.807) is 13.3 Å². The first-order chi connectivity index (χ1) is 9.76. The Morgan fingerprint density at radius 2 is 2.00 bits per heavy atom. The van der Waals surface area contributed by atoms with Gasteiger partial charge in [0.25, 0.3) is 0 Å². The summed E-state index contributed by atoms with van der Waals surface area (Å²) in [6.07, 6.45) is 1.77. The summed E-state index contributed by atoms with van der Waals surface area (Å²) >= 11 is 5.99. The number of aromatic nitrogens is 1. The maximum Gasteiger partial charge on any atom is 0.120 e. The van der Waals surface area contributed by atoms with E-state index in [0.29, 0.717) is 5.02 Å². The number of methoxy groups -OCH3 is 1. The Labute approximate surface area is 122 Å². The molecule has 20 heavy (non-hydrogen) atoms. The fourth-order valence-corrected chi connectivity index (χ4v) is 2.25. The summed E-state index contributed by atoms with van der Waals surface area (Å²) in [4.78, 5) is 4.33. The first-order valence-electron chi connectivity index (χ1n) is 6.21. The van der Waals surface area contributed by atoms with E-state index >= 15 is 0 Å². The van der Waals surface area contributed by atoms with Crippen LogP contribution in [-0.2, 0) is 0 Å². The minimum Gasteiger partial charge on any atom is -0.497 e. The molecule has 100 valence electrons. The molecule has 0 fully saturated rings. The van der Waals surface area contributed by atoms with Gasteiger partial charge in [0.15, 0.2) is 0 Å². The summed E-state index contributed by atoms with van der Waals surface area (Å²) in [5.41, 5.74) is 2.82. The molecule has 0 aliphatic carbocycles. The van der Waals surface area contributed by atoms with E-state index in [2.05, 4.69) is 10.3 Å². The summed E-state index contributed by atoms with van der Waals surface area (Å²) < 4.78 is 5.23. The maximum absolute atomic E-state index is 5.99. The van der Waals surface area contributed by atoms with Crippen LogP contribution in [-0.4, -0.2) is 12.1 Å². The number of hydrogen-bond donors (Lipinski definition) is 1. The molecule has 0 bridgehead atoms. The lowest BCUT2D eigenvalue weighted by Crippen LogP contribution is -1.93. The molecule has 4 heteroatoms. The largest absolute Gasteiger partial charge is 0.497 e. The van der Waals surface area contributed by atoms with Crippen molar-refractivity contribution >= 4 is 33.9 Å². The van der Waals surface area contributed by atoms with Gasteiger partial charge in [-0.25, -0.2) is 0 Å². The van der Waals surface area contributed by atoms with E-state index < -0.39 is 0 Å². The van der Waals surface area contributed by atoms with Crippen LogP contribution in [0.4, 0.5) is 11.4 Å². The zero-order valence-corrected chi connectivity index (χ0v) is 11.7. The van der Waals surface area contributed by atoms with E-state index in [1.807, 2.05) is 48.5 Å². The van der Waals surface area contributed by atoms with Crippen LogP contribution in [0.25, 0.3) is 10.9 Å². The molecule has 0 saturated carbocycles. The Morgan fingerprint density at radius 3 is 2.85 bits per heavy atom. The van der Waals surface area contributed by atoms with Gasteiger partial charge in [0.2, 0.25) is 0 Å². The zero-order valence-electron chi connectivity index (χ0n) is 10.9. The van der Waals surface area contributed by atoms with Crippen molar-refractivity contribution in [3.8, 4) is 5.75 Å². The van der Waals surface area contributed by atoms with Crippen LogP contribution < -0.4 is 10.1 Å². The molecule has 3 nitrogen and oxygen atoms in total. The van der Waals surface area contributed by atoms with Crippen LogP contribution >= 0.6 is 11.6 Å². The first-order valence-corrected chi connectivity index (χ1v) is 6.59. The number of ether oxygens (including phenoxy) is 1. The Hall–Kier alpha value is -2.26. The van der Waals surface area contributed by atoms with Gasteiger partial charge in [-0.1, -0.05) is 17.7 Å². The molecular formula is C16H13ClN2O. The summed E-state index contributed by atoms with van der Waals surface area (Å²) in [5.74, 6) is 0.816. The Bertz CT molecular complexity index is 758. The lowest BCUT2D eigenvalue weighted by molar-refractivity contribution is 0.415. The standard InChI is InChI=1S/C16H13ClN2O/c1-20-13-4-2-3-12(10-13)19-15-7-8-18-16-9-11(17)5-6-14(15)16/h2-10H,1H3,(H,18,19). The van der Waals surface area contributed by atoms with Crippen molar-refractivity contribution in [2.24, 2.45) is 0 Å². The lowest BCUT2D eigenvalue weighted by Gasteiger charge is -2.10. The van der Waals surface area contributed by atoms with Crippen LogP contribution in [0.5, 0.6) is 5.75 Å². The van der Waals surface area contributed by atoms with Gasteiger partial charge in [-0.3, -0.25) is 4.98 Å². The van der Waals surface area contributed by atoms with Gasteiger partial charge in [0, 0.05) is 34.0 Å². The molecule has 0 aliphatic heterocycles. The van der Waals surface area contributed by atoms with Gasteiger partial charge in [-0.05, 0) is 36.4 Å². The van der Waals surface area contributed by atoms with Crippen LogP contribution in [0.3, 0.4) is 0 Å². The second kappa shape index (κ2) is 5.39. The zero-order chi connectivity index (χ0) is 13.9. The topological polar surface area (TPSA) is 34.1 Å². The Morgan fingerprint density at radius 1 is 1.10 bits per heavy atom. The molecule has 0 amide bonds. The van der Waals surface area contributed by atoms with Crippen molar-refractivity contribution in [3.05, 3.63) is 59.8 Å². The number of rotatable bonds is 3. The van der Waals surface area contributed by atoms with Crippen molar-refractivity contribution in [1.29, 1.82) is 0 Å². The molecule has 0 unspecified atom stereocenters. The highest BCUT2D eigenvalue weighted by Gasteiger charge is 2.03. The van der Waals surface area contributed by atoms with E-state index in [4.69, 9.17) is 16.3 Å². The summed E-state index contributed by atoms with van der Waals surface area (Å²) in [6.45, 7) is 0. The molecule has 1 aromatic heterocycles.